The third-order valence-electron chi connectivity index (χ3n) is 2.79. The predicted molar refractivity (Wildman–Crippen MR) is 70.2 cm³/mol. The highest BCUT2D eigenvalue weighted by atomic mass is 16.5. The summed E-state index contributed by atoms with van der Waals surface area (Å²) in [5.41, 5.74) is -0.427. The molecule has 0 aliphatic rings. The molecule has 0 aliphatic carbocycles. The van der Waals surface area contributed by atoms with E-state index in [1.165, 1.54) is 6.92 Å². The number of carbonyl (C=O) groups is 1. The molecule has 0 saturated carbocycles. The summed E-state index contributed by atoms with van der Waals surface area (Å²) in [4.78, 5) is 15.2. The van der Waals surface area contributed by atoms with Gasteiger partial charge in [-0.05, 0) is 26.0 Å². The van der Waals surface area contributed by atoms with E-state index in [1.54, 1.807) is 12.1 Å². The maximum Gasteiger partial charge on any atom is 0.339 e. The van der Waals surface area contributed by atoms with Crippen LogP contribution >= 0.6 is 0 Å². The molecule has 100 valence electrons. The molecule has 0 bridgehead atoms. The summed E-state index contributed by atoms with van der Waals surface area (Å²) >= 11 is 0. The molecule has 1 atom stereocenters. The fraction of sp³-hybridized carbons (Fsp3) is 0.286. The van der Waals surface area contributed by atoms with Crippen molar-refractivity contribution in [2.24, 2.45) is 0 Å². The average Bonchev–Trinajstić information content (AvgIpc) is 2.36. The van der Waals surface area contributed by atoms with Crippen molar-refractivity contribution in [3.05, 3.63) is 36.0 Å². The van der Waals surface area contributed by atoms with Gasteiger partial charge in [-0.1, -0.05) is 18.2 Å². The van der Waals surface area contributed by atoms with Gasteiger partial charge in [0.25, 0.3) is 0 Å². The first-order valence-corrected chi connectivity index (χ1v) is 5.85. The number of nitrogens with zero attached hydrogens (tertiary/aromatic N) is 1. The number of aliphatic carboxylic acids is 1. The summed E-state index contributed by atoms with van der Waals surface area (Å²) < 4.78 is 5.41. The van der Waals surface area contributed by atoms with Crippen LogP contribution in [0.3, 0.4) is 0 Å². The number of hydrogen-bond acceptors (Lipinski definition) is 4. The molecule has 1 aromatic carbocycles. The third-order valence-corrected chi connectivity index (χ3v) is 2.79. The van der Waals surface area contributed by atoms with Crippen molar-refractivity contribution in [1.82, 2.24) is 4.98 Å². The van der Waals surface area contributed by atoms with Crippen LogP contribution in [0.2, 0.25) is 0 Å². The van der Waals surface area contributed by atoms with Crippen molar-refractivity contribution in [1.29, 1.82) is 0 Å². The minimum atomic E-state index is -1.92. The second kappa shape index (κ2) is 4.85. The summed E-state index contributed by atoms with van der Waals surface area (Å²) in [6.45, 7) is 2.72. The monoisotopic (exact) mass is 261 g/mol. The van der Waals surface area contributed by atoms with Crippen molar-refractivity contribution in [2.45, 2.75) is 19.4 Å². The van der Waals surface area contributed by atoms with Crippen molar-refractivity contribution < 1.29 is 19.7 Å². The Morgan fingerprint density at radius 2 is 2.11 bits per heavy atom. The van der Waals surface area contributed by atoms with Crippen LogP contribution < -0.4 is 4.74 Å². The van der Waals surface area contributed by atoms with E-state index in [9.17, 15) is 9.90 Å². The largest absolute Gasteiger partial charge is 0.488 e. The van der Waals surface area contributed by atoms with Crippen LogP contribution in [0.15, 0.2) is 30.3 Å². The van der Waals surface area contributed by atoms with Crippen molar-refractivity contribution in [2.75, 3.05) is 6.61 Å². The first-order valence-electron chi connectivity index (χ1n) is 5.85. The van der Waals surface area contributed by atoms with Gasteiger partial charge in [-0.3, -0.25) is 0 Å². The summed E-state index contributed by atoms with van der Waals surface area (Å²) in [6, 6.07) is 9.19. The van der Waals surface area contributed by atoms with E-state index in [1.807, 2.05) is 25.1 Å². The second-order valence-corrected chi connectivity index (χ2v) is 4.65. The molecule has 5 heteroatoms. The van der Waals surface area contributed by atoms with Gasteiger partial charge in [-0.2, -0.15) is 0 Å². The SMILES string of the molecule is Cc1ccc2cccc(OCC(C)(O)C(=O)O)c2n1. The fourth-order valence-corrected chi connectivity index (χ4v) is 1.61. The summed E-state index contributed by atoms with van der Waals surface area (Å²) in [5, 5.41) is 19.4. The van der Waals surface area contributed by atoms with Crippen LogP contribution in [0.4, 0.5) is 0 Å². The summed E-state index contributed by atoms with van der Waals surface area (Å²) in [5.74, 6) is -0.861. The molecule has 0 amide bonds. The zero-order valence-electron chi connectivity index (χ0n) is 10.8. The Kier molecular flexibility index (Phi) is 3.40. The lowest BCUT2D eigenvalue weighted by Gasteiger charge is -2.18. The summed E-state index contributed by atoms with van der Waals surface area (Å²) in [7, 11) is 0. The highest BCUT2D eigenvalue weighted by Gasteiger charge is 2.31. The number of fused-ring (bicyclic) bond motifs is 1. The Labute approximate surface area is 110 Å². The van der Waals surface area contributed by atoms with Crippen LogP contribution in [0.5, 0.6) is 5.75 Å². The van der Waals surface area contributed by atoms with E-state index in [0.717, 1.165) is 11.1 Å². The van der Waals surface area contributed by atoms with E-state index in [4.69, 9.17) is 9.84 Å². The van der Waals surface area contributed by atoms with E-state index in [2.05, 4.69) is 4.98 Å². The molecular formula is C14H15NO4. The molecule has 1 heterocycles. The van der Waals surface area contributed by atoms with Crippen molar-refractivity contribution in [3.8, 4) is 5.75 Å². The zero-order chi connectivity index (χ0) is 14.0. The lowest BCUT2D eigenvalue weighted by Crippen LogP contribution is -2.41. The standard InChI is InChI=1S/C14H15NO4/c1-9-6-7-10-4-3-5-11(12(10)15-9)19-8-14(2,18)13(16)17/h3-7,18H,8H2,1-2H3,(H,16,17). The van der Waals surface area contributed by atoms with Gasteiger partial charge in [0, 0.05) is 11.1 Å². The second-order valence-electron chi connectivity index (χ2n) is 4.65. The Bertz CT molecular complexity index is 622. The van der Waals surface area contributed by atoms with Gasteiger partial charge in [-0.15, -0.1) is 0 Å². The Morgan fingerprint density at radius 1 is 1.37 bits per heavy atom. The van der Waals surface area contributed by atoms with Crippen LogP contribution in [0, 0.1) is 6.92 Å². The quantitative estimate of drug-likeness (QED) is 0.876. The maximum atomic E-state index is 10.8. The molecule has 0 radical (unpaired) electrons. The van der Waals surface area contributed by atoms with E-state index < -0.39 is 11.6 Å². The minimum absolute atomic E-state index is 0.336. The van der Waals surface area contributed by atoms with Gasteiger partial charge in [0.05, 0.1) is 0 Å². The average molecular weight is 261 g/mol. The van der Waals surface area contributed by atoms with Crippen molar-refractivity contribution >= 4 is 16.9 Å². The van der Waals surface area contributed by atoms with Gasteiger partial charge in [0.1, 0.15) is 17.9 Å². The first-order chi connectivity index (χ1) is 8.90. The normalized spacial score (nSPS) is 14.1. The molecular weight excluding hydrogens is 246 g/mol. The number of hydrogen-bond donors (Lipinski definition) is 2. The number of pyridine rings is 1. The molecule has 2 N–H and O–H groups in total. The molecule has 5 nitrogen and oxygen atoms in total. The molecule has 1 unspecified atom stereocenters. The number of para-hydroxylation sites is 1. The highest BCUT2D eigenvalue weighted by Crippen LogP contribution is 2.24. The van der Waals surface area contributed by atoms with E-state index in [-0.39, 0.29) is 6.61 Å². The predicted octanol–water partition coefficient (Wildman–Crippen LogP) is 1.76. The molecule has 0 aliphatic heterocycles. The number of carboxylic acids is 1. The van der Waals surface area contributed by atoms with Crippen LogP contribution in [0.1, 0.15) is 12.6 Å². The maximum absolute atomic E-state index is 10.8. The minimum Gasteiger partial charge on any atom is -0.488 e. The topological polar surface area (TPSA) is 79.7 Å². The van der Waals surface area contributed by atoms with E-state index >= 15 is 0 Å². The fourth-order valence-electron chi connectivity index (χ4n) is 1.61. The molecule has 0 saturated heterocycles. The molecule has 0 fully saturated rings. The number of aryl methyl sites for hydroxylation is 1. The van der Waals surface area contributed by atoms with Gasteiger partial charge in [0.2, 0.25) is 0 Å². The van der Waals surface area contributed by atoms with Gasteiger partial charge in [-0.25, -0.2) is 9.78 Å². The van der Waals surface area contributed by atoms with Gasteiger partial charge in [0.15, 0.2) is 5.60 Å². The van der Waals surface area contributed by atoms with Crippen molar-refractivity contribution in [3.63, 3.8) is 0 Å². The smallest absolute Gasteiger partial charge is 0.339 e. The number of ether oxygens (including phenoxy) is 1. The lowest BCUT2D eigenvalue weighted by molar-refractivity contribution is -0.159. The molecule has 2 aromatic rings. The van der Waals surface area contributed by atoms with Crippen LogP contribution in [-0.4, -0.2) is 33.4 Å². The van der Waals surface area contributed by atoms with Gasteiger partial charge >= 0.3 is 5.97 Å². The molecule has 0 spiro atoms. The first kappa shape index (κ1) is 13.3. The third kappa shape index (κ3) is 2.82. The molecule has 1 aromatic heterocycles. The zero-order valence-corrected chi connectivity index (χ0v) is 10.8. The van der Waals surface area contributed by atoms with Crippen LogP contribution in [0.25, 0.3) is 10.9 Å². The summed E-state index contributed by atoms with van der Waals surface area (Å²) in [6.07, 6.45) is 0. The molecule has 19 heavy (non-hydrogen) atoms. The van der Waals surface area contributed by atoms with E-state index in [0.29, 0.717) is 11.3 Å². The number of aliphatic hydroxyl groups is 1. The number of benzene rings is 1. The lowest BCUT2D eigenvalue weighted by atomic mass is 10.1. The Morgan fingerprint density at radius 3 is 2.79 bits per heavy atom. The number of rotatable bonds is 4. The van der Waals surface area contributed by atoms with Gasteiger partial charge < -0.3 is 14.9 Å². The number of carboxylic acid groups (broad SMARTS) is 1. The molecule has 2 rings (SSSR count). The highest BCUT2D eigenvalue weighted by molar-refractivity contribution is 5.84. The Hall–Kier alpha value is -2.14. The Balaban J connectivity index is 2.31. The number of aromatic nitrogens is 1. The van der Waals surface area contributed by atoms with Crippen LogP contribution in [-0.2, 0) is 4.79 Å².